The summed E-state index contributed by atoms with van der Waals surface area (Å²) in [6, 6.07) is 0. The van der Waals surface area contributed by atoms with E-state index in [4.69, 9.17) is 4.74 Å². The average molecular weight is 243 g/mol. The molecule has 0 spiro atoms. The zero-order valence-corrected chi connectivity index (χ0v) is 12.8. The molecule has 0 rings (SSSR count). The molecular formula is C15H33NO. The van der Waals surface area contributed by atoms with E-state index in [-0.39, 0.29) is 5.41 Å². The second kappa shape index (κ2) is 8.93. The molecule has 0 aliphatic carbocycles. The van der Waals surface area contributed by atoms with E-state index in [2.05, 4.69) is 46.9 Å². The molecule has 0 aromatic carbocycles. The largest absolute Gasteiger partial charge is 0.381 e. The molecule has 0 amide bonds. The summed E-state index contributed by atoms with van der Waals surface area (Å²) in [5, 5.41) is 3.50. The molecule has 104 valence electrons. The Labute approximate surface area is 109 Å². The van der Waals surface area contributed by atoms with Gasteiger partial charge in [-0.05, 0) is 31.2 Å². The molecule has 0 saturated heterocycles. The van der Waals surface area contributed by atoms with Crippen LogP contribution in [-0.4, -0.2) is 26.3 Å². The number of nitrogens with one attached hydrogen (secondary N) is 1. The van der Waals surface area contributed by atoms with Gasteiger partial charge >= 0.3 is 0 Å². The Morgan fingerprint density at radius 2 is 1.71 bits per heavy atom. The summed E-state index contributed by atoms with van der Waals surface area (Å²) < 4.78 is 5.77. The van der Waals surface area contributed by atoms with Crippen molar-refractivity contribution in [2.75, 3.05) is 26.3 Å². The topological polar surface area (TPSA) is 21.3 Å². The second-order valence-corrected chi connectivity index (χ2v) is 6.78. The molecule has 0 bridgehead atoms. The molecule has 0 heterocycles. The Balaban J connectivity index is 3.50. The zero-order valence-electron chi connectivity index (χ0n) is 12.8. The first-order chi connectivity index (χ1) is 7.83. The van der Waals surface area contributed by atoms with E-state index < -0.39 is 0 Å². The first-order valence-electron chi connectivity index (χ1n) is 7.12. The van der Waals surface area contributed by atoms with Crippen LogP contribution in [0.2, 0.25) is 0 Å². The van der Waals surface area contributed by atoms with Crippen LogP contribution in [0.25, 0.3) is 0 Å². The lowest BCUT2D eigenvalue weighted by Crippen LogP contribution is -2.35. The van der Waals surface area contributed by atoms with Crippen LogP contribution in [0, 0.1) is 17.3 Å². The number of rotatable bonds is 10. The smallest absolute Gasteiger partial charge is 0.0529 e. The van der Waals surface area contributed by atoms with Gasteiger partial charge in [-0.25, -0.2) is 0 Å². The third-order valence-corrected chi connectivity index (χ3v) is 2.72. The van der Waals surface area contributed by atoms with Crippen LogP contribution < -0.4 is 5.32 Å². The highest BCUT2D eigenvalue weighted by atomic mass is 16.5. The summed E-state index contributed by atoms with van der Waals surface area (Å²) >= 11 is 0. The van der Waals surface area contributed by atoms with Gasteiger partial charge in [0.05, 0.1) is 6.61 Å². The fraction of sp³-hybridized carbons (Fsp3) is 1.00. The third-order valence-electron chi connectivity index (χ3n) is 2.72. The SMILES string of the molecule is CC(C)CCCOCC(C)(C)CNCC(C)C. The summed E-state index contributed by atoms with van der Waals surface area (Å²) in [5.74, 6) is 1.51. The molecule has 0 aromatic heterocycles. The number of hydrogen-bond donors (Lipinski definition) is 1. The minimum absolute atomic E-state index is 0.243. The van der Waals surface area contributed by atoms with Crippen molar-refractivity contribution in [2.45, 2.75) is 54.4 Å². The highest BCUT2D eigenvalue weighted by Gasteiger charge is 2.17. The maximum Gasteiger partial charge on any atom is 0.0529 e. The van der Waals surface area contributed by atoms with Gasteiger partial charge in [0.2, 0.25) is 0 Å². The van der Waals surface area contributed by atoms with Gasteiger partial charge in [-0.15, -0.1) is 0 Å². The molecule has 1 N–H and O–H groups in total. The Morgan fingerprint density at radius 3 is 2.24 bits per heavy atom. The molecule has 0 aromatic rings. The predicted octanol–water partition coefficient (Wildman–Crippen LogP) is 3.71. The van der Waals surface area contributed by atoms with Crippen molar-refractivity contribution >= 4 is 0 Å². The molecule has 17 heavy (non-hydrogen) atoms. The van der Waals surface area contributed by atoms with Crippen molar-refractivity contribution in [2.24, 2.45) is 17.3 Å². The van der Waals surface area contributed by atoms with Gasteiger partial charge in [0.25, 0.3) is 0 Å². The van der Waals surface area contributed by atoms with E-state index >= 15 is 0 Å². The lowest BCUT2D eigenvalue weighted by Gasteiger charge is -2.25. The molecule has 0 saturated carbocycles. The molecule has 2 nitrogen and oxygen atoms in total. The molecule has 2 heteroatoms. The minimum Gasteiger partial charge on any atom is -0.381 e. The van der Waals surface area contributed by atoms with Crippen molar-refractivity contribution in [1.29, 1.82) is 0 Å². The van der Waals surface area contributed by atoms with Crippen LogP contribution in [0.3, 0.4) is 0 Å². The molecular weight excluding hydrogens is 210 g/mol. The van der Waals surface area contributed by atoms with E-state index in [9.17, 15) is 0 Å². The van der Waals surface area contributed by atoms with Crippen molar-refractivity contribution in [1.82, 2.24) is 5.32 Å². The maximum atomic E-state index is 5.77. The molecule has 0 atom stereocenters. The molecule has 0 aliphatic rings. The standard InChI is InChI=1S/C15H33NO/c1-13(2)8-7-9-17-12-15(5,6)11-16-10-14(3)4/h13-14,16H,7-12H2,1-6H3. The van der Waals surface area contributed by atoms with Gasteiger partial charge in [0, 0.05) is 18.6 Å². The van der Waals surface area contributed by atoms with Crippen LogP contribution >= 0.6 is 0 Å². The molecule has 0 fully saturated rings. The zero-order chi connectivity index (χ0) is 13.3. The Bertz CT molecular complexity index is 176. The minimum atomic E-state index is 0.243. The first kappa shape index (κ1) is 16.9. The molecule has 0 radical (unpaired) electrons. The summed E-state index contributed by atoms with van der Waals surface area (Å²) in [4.78, 5) is 0. The average Bonchev–Trinajstić information content (AvgIpc) is 2.15. The number of hydrogen-bond acceptors (Lipinski definition) is 2. The quantitative estimate of drug-likeness (QED) is 0.591. The van der Waals surface area contributed by atoms with Crippen molar-refractivity contribution in [3.05, 3.63) is 0 Å². The summed E-state index contributed by atoms with van der Waals surface area (Å²) in [6.07, 6.45) is 2.46. The van der Waals surface area contributed by atoms with E-state index in [1.54, 1.807) is 0 Å². The normalized spacial score (nSPS) is 12.7. The summed E-state index contributed by atoms with van der Waals surface area (Å²) in [6.45, 7) is 17.4. The monoisotopic (exact) mass is 243 g/mol. The molecule has 0 unspecified atom stereocenters. The number of ether oxygens (including phenoxy) is 1. The fourth-order valence-electron chi connectivity index (χ4n) is 1.69. The van der Waals surface area contributed by atoms with Crippen LogP contribution in [0.4, 0.5) is 0 Å². The first-order valence-corrected chi connectivity index (χ1v) is 7.12. The van der Waals surface area contributed by atoms with Gasteiger partial charge < -0.3 is 10.1 Å². The van der Waals surface area contributed by atoms with Crippen LogP contribution in [0.15, 0.2) is 0 Å². The Morgan fingerprint density at radius 1 is 1.06 bits per heavy atom. The van der Waals surface area contributed by atoms with Gasteiger partial charge in [0.1, 0.15) is 0 Å². The van der Waals surface area contributed by atoms with Gasteiger partial charge in [-0.1, -0.05) is 41.5 Å². The van der Waals surface area contributed by atoms with Gasteiger partial charge in [0.15, 0.2) is 0 Å². The third kappa shape index (κ3) is 12.2. The van der Waals surface area contributed by atoms with Crippen molar-refractivity contribution < 1.29 is 4.74 Å². The predicted molar refractivity (Wildman–Crippen MR) is 76.4 cm³/mol. The van der Waals surface area contributed by atoms with E-state index in [0.717, 1.165) is 38.1 Å². The highest BCUT2D eigenvalue weighted by Crippen LogP contribution is 2.14. The highest BCUT2D eigenvalue weighted by molar-refractivity contribution is 4.71. The van der Waals surface area contributed by atoms with Crippen molar-refractivity contribution in [3.8, 4) is 0 Å². The van der Waals surface area contributed by atoms with Crippen molar-refractivity contribution in [3.63, 3.8) is 0 Å². The second-order valence-electron chi connectivity index (χ2n) is 6.78. The van der Waals surface area contributed by atoms with E-state index in [1.165, 1.54) is 12.8 Å². The van der Waals surface area contributed by atoms with Crippen LogP contribution in [-0.2, 0) is 4.74 Å². The summed E-state index contributed by atoms with van der Waals surface area (Å²) in [5.41, 5.74) is 0.243. The lowest BCUT2D eigenvalue weighted by molar-refractivity contribution is 0.0584. The molecule has 0 aliphatic heterocycles. The van der Waals surface area contributed by atoms with Crippen LogP contribution in [0.1, 0.15) is 54.4 Å². The van der Waals surface area contributed by atoms with E-state index in [1.807, 2.05) is 0 Å². The fourth-order valence-corrected chi connectivity index (χ4v) is 1.69. The summed E-state index contributed by atoms with van der Waals surface area (Å²) in [7, 11) is 0. The van der Waals surface area contributed by atoms with Gasteiger partial charge in [-0.2, -0.15) is 0 Å². The maximum absolute atomic E-state index is 5.77. The lowest BCUT2D eigenvalue weighted by atomic mass is 9.94. The van der Waals surface area contributed by atoms with Gasteiger partial charge in [-0.3, -0.25) is 0 Å². The Hall–Kier alpha value is -0.0800. The van der Waals surface area contributed by atoms with Crippen LogP contribution in [0.5, 0.6) is 0 Å². The Kier molecular flexibility index (Phi) is 8.89. The van der Waals surface area contributed by atoms with E-state index in [0.29, 0.717) is 0 Å².